The van der Waals surface area contributed by atoms with E-state index >= 15 is 0 Å². The first kappa shape index (κ1) is 14.5. The average molecular weight is 291 g/mol. The minimum atomic E-state index is -4.64. The molecule has 1 atom stereocenters. The van der Waals surface area contributed by atoms with Gasteiger partial charge < -0.3 is 10.1 Å². The van der Waals surface area contributed by atoms with E-state index in [1.54, 1.807) is 17.8 Å². The molecular weight excluding hydrogens is 275 g/mol. The highest BCUT2D eigenvalue weighted by Crippen LogP contribution is 2.34. The first-order valence-electron chi connectivity index (χ1n) is 6.19. The van der Waals surface area contributed by atoms with E-state index in [1.165, 1.54) is 12.1 Å². The van der Waals surface area contributed by atoms with Crippen molar-refractivity contribution in [2.75, 3.05) is 12.3 Å². The monoisotopic (exact) mass is 291 g/mol. The van der Waals surface area contributed by atoms with E-state index in [0.717, 1.165) is 35.6 Å². The molecular formula is C13H16F3NOS. The van der Waals surface area contributed by atoms with Crippen molar-refractivity contribution in [1.82, 2.24) is 5.32 Å². The second-order valence-corrected chi connectivity index (χ2v) is 5.47. The van der Waals surface area contributed by atoms with Crippen molar-refractivity contribution in [3.8, 4) is 5.75 Å². The third kappa shape index (κ3) is 4.04. The molecule has 0 fully saturated rings. The summed E-state index contributed by atoms with van der Waals surface area (Å²) >= 11 is 1.80. The Kier molecular flexibility index (Phi) is 4.62. The molecule has 1 N–H and O–H groups in total. The van der Waals surface area contributed by atoms with Gasteiger partial charge in [-0.2, -0.15) is 11.8 Å². The van der Waals surface area contributed by atoms with Crippen molar-refractivity contribution in [2.24, 2.45) is 0 Å². The third-order valence-corrected chi connectivity index (χ3v) is 4.02. The summed E-state index contributed by atoms with van der Waals surface area (Å²) in [5.41, 5.74) is 2.01. The average Bonchev–Trinajstić information content (AvgIpc) is 2.50. The second-order valence-electron chi connectivity index (χ2n) is 4.36. The highest BCUT2D eigenvalue weighted by Gasteiger charge is 2.31. The van der Waals surface area contributed by atoms with Crippen LogP contribution < -0.4 is 10.1 Å². The first-order valence-corrected chi connectivity index (χ1v) is 7.35. The molecule has 6 heteroatoms. The Morgan fingerprint density at radius 2 is 2.21 bits per heavy atom. The number of hydrogen-bond acceptors (Lipinski definition) is 3. The molecule has 0 spiro atoms. The van der Waals surface area contributed by atoms with Crippen LogP contribution in [0, 0.1) is 0 Å². The van der Waals surface area contributed by atoms with Gasteiger partial charge in [0.05, 0.1) is 0 Å². The van der Waals surface area contributed by atoms with Gasteiger partial charge in [0, 0.05) is 11.8 Å². The van der Waals surface area contributed by atoms with E-state index in [-0.39, 0.29) is 11.8 Å². The molecule has 0 amide bonds. The fraction of sp³-hybridized carbons (Fsp3) is 0.538. The van der Waals surface area contributed by atoms with E-state index in [0.29, 0.717) is 0 Å². The lowest BCUT2D eigenvalue weighted by molar-refractivity contribution is -0.274. The summed E-state index contributed by atoms with van der Waals surface area (Å²) in [4.78, 5) is 0. The zero-order valence-corrected chi connectivity index (χ0v) is 11.4. The number of alkyl halides is 3. The smallest absolute Gasteiger partial charge is 0.406 e. The van der Waals surface area contributed by atoms with Crippen LogP contribution in [0.1, 0.15) is 30.5 Å². The number of thioether (sulfide) groups is 1. The number of benzene rings is 1. The van der Waals surface area contributed by atoms with Crippen molar-refractivity contribution in [3.05, 3.63) is 29.3 Å². The molecule has 1 aromatic rings. The van der Waals surface area contributed by atoms with Crippen LogP contribution in [0.3, 0.4) is 0 Å². The molecule has 0 saturated carbocycles. The summed E-state index contributed by atoms with van der Waals surface area (Å²) < 4.78 is 40.8. The van der Waals surface area contributed by atoms with Crippen molar-refractivity contribution in [1.29, 1.82) is 0 Å². The molecule has 0 aromatic heterocycles. The van der Waals surface area contributed by atoms with Crippen LogP contribution in [0.4, 0.5) is 13.2 Å². The molecule has 0 aliphatic carbocycles. The van der Waals surface area contributed by atoms with Gasteiger partial charge in [0.1, 0.15) is 5.75 Å². The van der Waals surface area contributed by atoms with Crippen LogP contribution in [0.5, 0.6) is 5.75 Å². The summed E-state index contributed by atoms with van der Waals surface area (Å²) in [6, 6.07) is 4.74. The Hall–Kier alpha value is -0.880. The SMILES string of the molecule is CCNC1CCSCc2ccc(OC(F)(F)F)cc21. The summed E-state index contributed by atoms with van der Waals surface area (Å²) in [6.07, 6.45) is -3.72. The Labute approximate surface area is 114 Å². The lowest BCUT2D eigenvalue weighted by Gasteiger charge is -2.19. The molecule has 2 nitrogen and oxygen atoms in total. The number of nitrogens with one attached hydrogen (secondary N) is 1. The fourth-order valence-corrected chi connectivity index (χ4v) is 3.25. The number of ether oxygens (including phenoxy) is 1. The highest BCUT2D eigenvalue weighted by atomic mass is 32.2. The Balaban J connectivity index is 2.28. The summed E-state index contributed by atoms with van der Waals surface area (Å²) in [5.74, 6) is 1.70. The van der Waals surface area contributed by atoms with Crippen LogP contribution in [0.15, 0.2) is 18.2 Å². The van der Waals surface area contributed by atoms with Crippen molar-refractivity contribution < 1.29 is 17.9 Å². The first-order chi connectivity index (χ1) is 8.99. The molecule has 1 unspecified atom stereocenters. The second kappa shape index (κ2) is 6.05. The Morgan fingerprint density at radius 1 is 1.42 bits per heavy atom. The van der Waals surface area contributed by atoms with Gasteiger partial charge in [-0.05, 0) is 42.0 Å². The molecule has 1 aliphatic rings. The van der Waals surface area contributed by atoms with Gasteiger partial charge in [0.2, 0.25) is 0 Å². The van der Waals surface area contributed by atoms with Crippen molar-refractivity contribution >= 4 is 11.8 Å². The van der Waals surface area contributed by atoms with E-state index in [2.05, 4.69) is 10.1 Å². The predicted octanol–water partition coefficient (Wildman–Crippen LogP) is 3.87. The largest absolute Gasteiger partial charge is 0.573 e. The molecule has 0 radical (unpaired) electrons. The lowest BCUT2D eigenvalue weighted by Crippen LogP contribution is -2.22. The molecule has 19 heavy (non-hydrogen) atoms. The van der Waals surface area contributed by atoms with Gasteiger partial charge in [-0.3, -0.25) is 0 Å². The maximum Gasteiger partial charge on any atom is 0.573 e. The maximum atomic E-state index is 12.3. The standard InChI is InChI=1S/C13H16F3NOS/c1-2-17-12-5-6-19-8-9-3-4-10(7-11(9)12)18-13(14,15)16/h3-4,7,12,17H,2,5-6,8H2,1H3. The van der Waals surface area contributed by atoms with Crippen molar-refractivity contribution in [3.63, 3.8) is 0 Å². The Morgan fingerprint density at radius 3 is 2.89 bits per heavy atom. The quantitative estimate of drug-likeness (QED) is 0.913. The summed E-state index contributed by atoms with van der Waals surface area (Å²) in [5, 5.41) is 3.32. The lowest BCUT2D eigenvalue weighted by atomic mass is 9.99. The van der Waals surface area contributed by atoms with E-state index in [1.807, 2.05) is 6.92 Å². The minimum absolute atomic E-state index is 0.104. The normalized spacial score (nSPS) is 19.7. The van der Waals surface area contributed by atoms with Gasteiger partial charge in [0.25, 0.3) is 0 Å². The molecule has 1 aliphatic heterocycles. The van der Waals surface area contributed by atoms with Gasteiger partial charge in [-0.15, -0.1) is 13.2 Å². The molecule has 106 valence electrons. The van der Waals surface area contributed by atoms with Crippen LogP contribution in [0.25, 0.3) is 0 Å². The molecule has 0 saturated heterocycles. The maximum absolute atomic E-state index is 12.3. The van der Waals surface area contributed by atoms with E-state index < -0.39 is 6.36 Å². The van der Waals surface area contributed by atoms with E-state index in [4.69, 9.17) is 0 Å². The number of hydrogen-bond donors (Lipinski definition) is 1. The molecule has 0 bridgehead atoms. The highest BCUT2D eigenvalue weighted by molar-refractivity contribution is 7.98. The number of halogens is 3. The van der Waals surface area contributed by atoms with Gasteiger partial charge in [0.15, 0.2) is 0 Å². The molecule has 1 aromatic carbocycles. The minimum Gasteiger partial charge on any atom is -0.406 e. The van der Waals surface area contributed by atoms with Gasteiger partial charge >= 0.3 is 6.36 Å². The molecule has 1 heterocycles. The van der Waals surface area contributed by atoms with Crippen LogP contribution in [0.2, 0.25) is 0 Å². The number of fused-ring (bicyclic) bond motifs is 1. The van der Waals surface area contributed by atoms with Crippen LogP contribution in [-0.2, 0) is 5.75 Å². The fourth-order valence-electron chi connectivity index (χ4n) is 2.22. The van der Waals surface area contributed by atoms with Crippen LogP contribution >= 0.6 is 11.8 Å². The predicted molar refractivity (Wildman–Crippen MR) is 70.3 cm³/mol. The zero-order valence-electron chi connectivity index (χ0n) is 10.6. The van der Waals surface area contributed by atoms with Crippen molar-refractivity contribution in [2.45, 2.75) is 31.5 Å². The van der Waals surface area contributed by atoms with Gasteiger partial charge in [-0.25, -0.2) is 0 Å². The third-order valence-electron chi connectivity index (χ3n) is 2.99. The van der Waals surface area contributed by atoms with Gasteiger partial charge in [-0.1, -0.05) is 13.0 Å². The zero-order chi connectivity index (χ0) is 13.9. The summed E-state index contributed by atoms with van der Waals surface area (Å²) in [7, 11) is 0. The van der Waals surface area contributed by atoms with Crippen LogP contribution in [-0.4, -0.2) is 18.7 Å². The number of rotatable bonds is 3. The van der Waals surface area contributed by atoms with E-state index in [9.17, 15) is 13.2 Å². The summed E-state index contributed by atoms with van der Waals surface area (Å²) in [6.45, 7) is 2.78. The Bertz CT molecular complexity index is 436. The topological polar surface area (TPSA) is 21.3 Å². The molecule has 2 rings (SSSR count).